The van der Waals surface area contributed by atoms with E-state index < -0.39 is 34.7 Å². The normalized spacial score (nSPS) is 15.9. The lowest BCUT2D eigenvalue weighted by Crippen LogP contribution is -2.71. The van der Waals surface area contributed by atoms with Crippen LogP contribution in [-0.4, -0.2) is 75.6 Å². The fourth-order valence-corrected chi connectivity index (χ4v) is 11.0. The number of thiophene rings is 1. The predicted octanol–water partition coefficient (Wildman–Crippen LogP) is 6.47. The number of esters is 1. The van der Waals surface area contributed by atoms with Crippen LogP contribution < -0.4 is 25.3 Å². The highest BCUT2D eigenvalue weighted by molar-refractivity contribution is 8.00. The number of ether oxygens (including phenoxy) is 2. The van der Waals surface area contributed by atoms with Crippen LogP contribution in [0.15, 0.2) is 155 Å². The molecule has 2 aliphatic rings. The van der Waals surface area contributed by atoms with Crippen LogP contribution >= 0.6 is 34.6 Å². The first-order valence-electron chi connectivity index (χ1n) is 20.6. The number of amides is 3. The monoisotopic (exact) mass is 937 g/mol. The van der Waals surface area contributed by atoms with Crippen LogP contribution in [0.5, 0.6) is 5.75 Å². The van der Waals surface area contributed by atoms with E-state index >= 15 is 0 Å². The fraction of sp³-hybridized carbons (Fsp3) is 0.167. The van der Waals surface area contributed by atoms with Crippen LogP contribution in [0.25, 0.3) is 10.2 Å². The number of methoxy groups -OCH3 is 1. The molecule has 3 aromatic heterocycles. The Morgan fingerprint density at radius 2 is 1.58 bits per heavy atom. The summed E-state index contributed by atoms with van der Waals surface area (Å²) in [4.78, 5) is 66.0. The summed E-state index contributed by atoms with van der Waals surface area (Å²) in [6.07, 6.45) is 2.51. The molecule has 5 heterocycles. The number of oxime groups is 1. The SMILES string of the molecule is CO/N=C(\C(=O)NC1C(=O)N2C(C(=O)OCc3ccc(OC)cc3)=C(C[n+]3cccc4c(NC=O)csc43)CS[C@H]12)c1nsc(NC(c2ccccc2)(c2ccccc2)c2ccccc2)n1. The largest absolute Gasteiger partial charge is 0.497 e. The number of aromatic nitrogens is 3. The van der Waals surface area contributed by atoms with Gasteiger partial charge >= 0.3 is 5.97 Å². The number of thioether (sulfide) groups is 1. The van der Waals surface area contributed by atoms with Crippen LogP contribution in [0.3, 0.4) is 0 Å². The summed E-state index contributed by atoms with van der Waals surface area (Å²) in [6.45, 7) is 0.202. The molecule has 0 aliphatic carbocycles. The fourth-order valence-electron chi connectivity index (χ4n) is 8.09. The van der Waals surface area contributed by atoms with Crippen LogP contribution in [0, 0.1) is 0 Å². The predicted molar refractivity (Wildman–Crippen MR) is 253 cm³/mol. The number of rotatable bonds is 17. The molecule has 1 unspecified atom stereocenters. The number of anilines is 2. The molecular weight excluding hydrogens is 897 g/mol. The molecule has 0 saturated carbocycles. The molecule has 9 rings (SSSR count). The first-order valence-corrected chi connectivity index (χ1v) is 23.3. The Kier molecular flexibility index (Phi) is 12.9. The molecule has 3 N–H and O–H groups in total. The molecule has 2 aliphatic heterocycles. The van der Waals surface area contributed by atoms with Crippen molar-refractivity contribution in [3.05, 3.63) is 178 Å². The minimum absolute atomic E-state index is 0.0129. The summed E-state index contributed by atoms with van der Waals surface area (Å²) in [6, 6.07) is 39.8. The Bertz CT molecular complexity index is 2870. The van der Waals surface area contributed by atoms with Crippen LogP contribution in [0.4, 0.5) is 10.8 Å². The van der Waals surface area contributed by atoms with E-state index in [2.05, 4.69) is 25.5 Å². The highest BCUT2D eigenvalue weighted by atomic mass is 32.2. The maximum atomic E-state index is 14.2. The van der Waals surface area contributed by atoms with E-state index in [4.69, 9.17) is 19.3 Å². The number of nitrogens with one attached hydrogen (secondary N) is 3. The molecular formula is C48H41N8O7S3+. The Labute approximate surface area is 391 Å². The van der Waals surface area contributed by atoms with Gasteiger partial charge in [0.1, 0.15) is 42.1 Å². The number of nitrogens with zero attached hydrogens (tertiary/aromatic N) is 5. The standard InChI is InChI=1S/C48H40N8O7S3/c1-61-35-22-20-30(21-23-35)26-63-46(60)40-31(25-55-24-12-19-36-37(49-29-57)28-65-44(36)55)27-64-45-39(43(59)56(40)45)50-42(58)38(53-62-2)41-51-47(66-54-41)52-48(32-13-6-3-7-14-32,33-15-8-4-9-16-33)34-17-10-5-11-18-34/h3-24,28-29,39,45H,25-27H2,1-2H3,(H2-,49,50,51,52,54,57,58)/p+1/b53-38-/t39?,45-/m1/s1. The second kappa shape index (κ2) is 19.4. The van der Waals surface area contributed by atoms with Crippen molar-refractivity contribution in [2.75, 3.05) is 30.6 Å². The molecule has 0 spiro atoms. The first kappa shape index (κ1) is 43.8. The van der Waals surface area contributed by atoms with Gasteiger partial charge in [0.15, 0.2) is 12.7 Å². The zero-order chi connectivity index (χ0) is 45.6. The summed E-state index contributed by atoms with van der Waals surface area (Å²) in [7, 11) is 2.88. The van der Waals surface area contributed by atoms with E-state index in [1.54, 1.807) is 31.4 Å². The van der Waals surface area contributed by atoms with Gasteiger partial charge < -0.3 is 30.3 Å². The zero-order valence-electron chi connectivity index (χ0n) is 35.5. The van der Waals surface area contributed by atoms with Gasteiger partial charge in [-0.1, -0.05) is 120 Å². The molecule has 15 nitrogen and oxygen atoms in total. The van der Waals surface area contributed by atoms with Crippen molar-refractivity contribution < 1.29 is 38.1 Å². The Hall–Kier alpha value is -7.41. The van der Waals surface area contributed by atoms with E-state index in [1.165, 1.54) is 35.1 Å². The quantitative estimate of drug-likeness (QED) is 0.0174. The second-order valence-corrected chi connectivity index (χ2v) is 17.7. The number of hydrogen-bond donors (Lipinski definition) is 3. The van der Waals surface area contributed by atoms with Crippen molar-refractivity contribution in [2.24, 2.45) is 5.16 Å². The van der Waals surface area contributed by atoms with Gasteiger partial charge in [-0.25, -0.2) is 4.79 Å². The number of fused-ring (bicyclic) bond motifs is 2. The maximum Gasteiger partial charge on any atom is 0.355 e. The third kappa shape index (κ3) is 8.48. The lowest BCUT2D eigenvalue weighted by atomic mass is 9.77. The van der Waals surface area contributed by atoms with Gasteiger partial charge in [-0.15, -0.1) is 11.8 Å². The maximum absolute atomic E-state index is 14.2. The Morgan fingerprint density at radius 1 is 0.909 bits per heavy atom. The number of carbonyl (C=O) groups excluding carboxylic acids is 4. The Balaban J connectivity index is 0.981. The van der Waals surface area contributed by atoms with Crippen molar-refractivity contribution in [3.8, 4) is 5.75 Å². The van der Waals surface area contributed by atoms with Crippen LogP contribution in [0.2, 0.25) is 0 Å². The van der Waals surface area contributed by atoms with Gasteiger partial charge in [0.05, 0.1) is 18.2 Å². The third-order valence-electron chi connectivity index (χ3n) is 11.2. The third-order valence-corrected chi connectivity index (χ3v) is 14.2. The van der Waals surface area contributed by atoms with Crippen molar-refractivity contribution in [1.29, 1.82) is 0 Å². The summed E-state index contributed by atoms with van der Waals surface area (Å²) in [5.74, 6) is -0.937. The van der Waals surface area contributed by atoms with E-state index in [1.807, 2.05) is 119 Å². The summed E-state index contributed by atoms with van der Waals surface area (Å²) in [5, 5.41) is 15.7. The number of pyridine rings is 1. The van der Waals surface area contributed by atoms with E-state index in [0.717, 1.165) is 44.0 Å². The molecule has 66 heavy (non-hydrogen) atoms. The number of carbonyl (C=O) groups is 4. The second-order valence-electron chi connectivity index (χ2n) is 15.0. The molecule has 18 heteroatoms. The average Bonchev–Trinajstić information content (AvgIpc) is 4.01. The molecule has 1 saturated heterocycles. The highest BCUT2D eigenvalue weighted by Crippen LogP contribution is 2.42. The van der Waals surface area contributed by atoms with E-state index in [-0.39, 0.29) is 30.4 Å². The first-order chi connectivity index (χ1) is 32.3. The molecule has 7 aromatic rings. The van der Waals surface area contributed by atoms with Gasteiger partial charge in [0.2, 0.25) is 23.1 Å². The topological polar surface area (TPSA) is 177 Å². The van der Waals surface area contributed by atoms with Crippen molar-refractivity contribution in [2.45, 2.75) is 30.1 Å². The summed E-state index contributed by atoms with van der Waals surface area (Å²) in [5.41, 5.74) is 3.85. The minimum atomic E-state index is -1.03. The van der Waals surface area contributed by atoms with E-state index in [9.17, 15) is 19.2 Å². The molecule has 3 amide bonds. The van der Waals surface area contributed by atoms with E-state index in [0.29, 0.717) is 34.3 Å². The lowest BCUT2D eigenvalue weighted by Gasteiger charge is -2.49. The minimum Gasteiger partial charge on any atom is -0.497 e. The Morgan fingerprint density at radius 3 is 2.20 bits per heavy atom. The zero-order valence-corrected chi connectivity index (χ0v) is 37.9. The number of β-lactam (4-membered cyclic amide) rings is 1. The van der Waals surface area contributed by atoms with Gasteiger partial charge in [-0.3, -0.25) is 19.3 Å². The van der Waals surface area contributed by atoms with Crippen molar-refractivity contribution in [3.63, 3.8) is 0 Å². The van der Waals surface area contributed by atoms with Gasteiger partial charge in [-0.05, 0) is 40.5 Å². The molecule has 4 aromatic carbocycles. The number of benzene rings is 4. The van der Waals surface area contributed by atoms with Gasteiger partial charge in [0, 0.05) is 34.3 Å². The molecule has 2 atom stereocenters. The van der Waals surface area contributed by atoms with Gasteiger partial charge in [0.25, 0.3) is 16.6 Å². The van der Waals surface area contributed by atoms with Crippen molar-refractivity contribution in [1.82, 2.24) is 19.6 Å². The highest BCUT2D eigenvalue weighted by Gasteiger charge is 2.55. The smallest absolute Gasteiger partial charge is 0.355 e. The lowest BCUT2D eigenvalue weighted by molar-refractivity contribution is -0.661. The van der Waals surface area contributed by atoms with Crippen LogP contribution in [0.1, 0.15) is 28.1 Å². The number of hydrogen-bond acceptors (Lipinski definition) is 14. The summed E-state index contributed by atoms with van der Waals surface area (Å²) < 4.78 is 17.6. The molecule has 1 fully saturated rings. The van der Waals surface area contributed by atoms with Crippen LogP contribution in [-0.2, 0) is 47.4 Å². The molecule has 0 bridgehead atoms. The molecule has 332 valence electrons. The van der Waals surface area contributed by atoms with Gasteiger partial charge in [-0.2, -0.15) is 13.9 Å². The average molecular weight is 938 g/mol. The summed E-state index contributed by atoms with van der Waals surface area (Å²) >= 11 is 3.90. The molecule has 0 radical (unpaired) electrons. The van der Waals surface area contributed by atoms with Crippen molar-refractivity contribution >= 4 is 85.6 Å².